The van der Waals surface area contributed by atoms with E-state index in [2.05, 4.69) is 30.2 Å². The maximum Gasteiger partial charge on any atom is 0.116 e. The summed E-state index contributed by atoms with van der Waals surface area (Å²) in [5.41, 5.74) is 1.14. The minimum Gasteiger partial charge on any atom is -0.285 e. The lowest BCUT2D eigenvalue weighted by molar-refractivity contribution is 0.866. The summed E-state index contributed by atoms with van der Waals surface area (Å²) in [6.07, 6.45) is 4.70. The van der Waals surface area contributed by atoms with Gasteiger partial charge in [-0.05, 0) is 5.92 Å². The minimum atomic E-state index is 0.536. The predicted octanol–water partition coefficient (Wildman–Crippen LogP) is 1.33. The molecule has 0 fully saturated rings. The van der Waals surface area contributed by atoms with Crippen LogP contribution in [0.25, 0.3) is 0 Å². The Morgan fingerprint density at radius 1 is 1.75 bits per heavy atom. The number of hydrogen-bond donors (Lipinski definition) is 1. The second-order valence-corrected chi connectivity index (χ2v) is 2.11. The van der Waals surface area contributed by atoms with Crippen LogP contribution in [0.4, 0.5) is 0 Å². The molecule has 0 atom stereocenters. The lowest BCUT2D eigenvalue weighted by Crippen LogP contribution is -1.80. The third kappa shape index (κ3) is 0.886. The van der Waals surface area contributed by atoms with Crippen LogP contribution in [0.15, 0.2) is 6.20 Å². The molecular weight excluding hydrogens is 100 g/mol. The Balaban J connectivity index is 2.77. The molecule has 1 radical (unpaired) electrons. The van der Waals surface area contributed by atoms with Crippen molar-refractivity contribution in [3.8, 4) is 0 Å². The van der Waals surface area contributed by atoms with Gasteiger partial charge in [-0.1, -0.05) is 13.8 Å². The van der Waals surface area contributed by atoms with Crippen molar-refractivity contribution in [2.24, 2.45) is 0 Å². The Labute approximate surface area is 48.9 Å². The molecule has 0 unspecified atom stereocenters. The maximum atomic E-state index is 3.69. The summed E-state index contributed by atoms with van der Waals surface area (Å²) in [5, 5.41) is 6.40. The van der Waals surface area contributed by atoms with E-state index in [-0.39, 0.29) is 0 Å². The molecule has 2 heteroatoms. The average Bonchev–Trinajstić information content (AvgIpc) is 2.12. The third-order valence-electron chi connectivity index (χ3n) is 1.09. The summed E-state index contributed by atoms with van der Waals surface area (Å²) in [6, 6.07) is 0. The zero-order valence-electron chi connectivity index (χ0n) is 5.10. The molecule has 2 nitrogen and oxygen atoms in total. The van der Waals surface area contributed by atoms with Crippen molar-refractivity contribution in [1.82, 2.24) is 10.2 Å². The SMILES string of the molecule is CC(C)c1[c]n[nH]c1. The highest BCUT2D eigenvalue weighted by molar-refractivity contribution is 5.05. The zero-order chi connectivity index (χ0) is 5.98. The van der Waals surface area contributed by atoms with E-state index in [1.807, 2.05) is 6.20 Å². The molecule has 0 spiro atoms. The zero-order valence-corrected chi connectivity index (χ0v) is 5.10. The lowest BCUT2D eigenvalue weighted by Gasteiger charge is -1.94. The summed E-state index contributed by atoms with van der Waals surface area (Å²) >= 11 is 0. The van der Waals surface area contributed by atoms with Crippen LogP contribution in [0.2, 0.25) is 0 Å². The van der Waals surface area contributed by atoms with Crippen LogP contribution in [0.3, 0.4) is 0 Å². The fraction of sp³-hybridized carbons (Fsp3) is 0.500. The third-order valence-corrected chi connectivity index (χ3v) is 1.09. The molecule has 0 aliphatic rings. The molecule has 0 saturated carbocycles. The van der Waals surface area contributed by atoms with Crippen molar-refractivity contribution in [3.05, 3.63) is 18.0 Å². The summed E-state index contributed by atoms with van der Waals surface area (Å²) in [5.74, 6) is 0.536. The highest BCUT2D eigenvalue weighted by Crippen LogP contribution is 2.08. The Morgan fingerprint density at radius 2 is 2.50 bits per heavy atom. The smallest absolute Gasteiger partial charge is 0.116 e. The van der Waals surface area contributed by atoms with Crippen LogP contribution in [0, 0.1) is 6.20 Å². The van der Waals surface area contributed by atoms with E-state index in [1.165, 1.54) is 0 Å². The van der Waals surface area contributed by atoms with Crippen molar-refractivity contribution in [3.63, 3.8) is 0 Å². The van der Waals surface area contributed by atoms with E-state index in [0.717, 1.165) is 5.56 Å². The van der Waals surface area contributed by atoms with Crippen molar-refractivity contribution in [2.75, 3.05) is 0 Å². The quantitative estimate of drug-likeness (QED) is 0.579. The van der Waals surface area contributed by atoms with Crippen LogP contribution in [-0.2, 0) is 0 Å². The number of hydrogen-bond acceptors (Lipinski definition) is 1. The molecule has 0 aromatic carbocycles. The molecule has 1 aromatic rings. The molecule has 8 heavy (non-hydrogen) atoms. The normalized spacial score (nSPS) is 10.4. The molecule has 0 saturated heterocycles. The fourth-order valence-electron chi connectivity index (χ4n) is 0.527. The highest BCUT2D eigenvalue weighted by Gasteiger charge is 1.97. The molecular formula is C6H9N2. The predicted molar refractivity (Wildman–Crippen MR) is 31.5 cm³/mol. The van der Waals surface area contributed by atoms with Crippen LogP contribution in [-0.4, -0.2) is 10.2 Å². The van der Waals surface area contributed by atoms with E-state index >= 15 is 0 Å². The van der Waals surface area contributed by atoms with Gasteiger partial charge in [0.1, 0.15) is 6.20 Å². The van der Waals surface area contributed by atoms with Crippen LogP contribution < -0.4 is 0 Å². The van der Waals surface area contributed by atoms with Gasteiger partial charge in [0.05, 0.1) is 0 Å². The molecule has 1 aromatic heterocycles. The van der Waals surface area contributed by atoms with Crippen molar-refractivity contribution >= 4 is 0 Å². The Bertz CT molecular complexity index is 142. The Hall–Kier alpha value is -0.790. The minimum absolute atomic E-state index is 0.536. The van der Waals surface area contributed by atoms with Gasteiger partial charge < -0.3 is 0 Å². The number of nitrogens with one attached hydrogen (secondary N) is 1. The fourth-order valence-corrected chi connectivity index (χ4v) is 0.527. The monoisotopic (exact) mass is 109 g/mol. The van der Waals surface area contributed by atoms with Gasteiger partial charge in [-0.15, -0.1) is 0 Å². The average molecular weight is 109 g/mol. The molecule has 0 bridgehead atoms. The first-order valence-electron chi connectivity index (χ1n) is 2.72. The number of aromatic nitrogens is 2. The molecule has 0 aliphatic carbocycles. The largest absolute Gasteiger partial charge is 0.285 e. The summed E-state index contributed by atoms with van der Waals surface area (Å²) < 4.78 is 0. The van der Waals surface area contributed by atoms with E-state index in [1.54, 1.807) is 0 Å². The number of H-pyrrole nitrogens is 1. The van der Waals surface area contributed by atoms with Gasteiger partial charge in [-0.25, -0.2) is 0 Å². The number of rotatable bonds is 1. The van der Waals surface area contributed by atoms with Crippen molar-refractivity contribution in [2.45, 2.75) is 19.8 Å². The molecule has 0 aliphatic heterocycles. The summed E-state index contributed by atoms with van der Waals surface area (Å²) in [4.78, 5) is 0. The number of nitrogens with zero attached hydrogens (tertiary/aromatic N) is 1. The van der Waals surface area contributed by atoms with E-state index < -0.39 is 0 Å². The number of aromatic amines is 1. The Kier molecular flexibility index (Phi) is 1.33. The topological polar surface area (TPSA) is 28.7 Å². The van der Waals surface area contributed by atoms with Gasteiger partial charge in [0.25, 0.3) is 0 Å². The second-order valence-electron chi connectivity index (χ2n) is 2.11. The van der Waals surface area contributed by atoms with Crippen molar-refractivity contribution in [1.29, 1.82) is 0 Å². The van der Waals surface area contributed by atoms with E-state index in [0.29, 0.717) is 5.92 Å². The van der Waals surface area contributed by atoms with Gasteiger partial charge in [0.15, 0.2) is 0 Å². The summed E-state index contributed by atoms with van der Waals surface area (Å²) in [7, 11) is 0. The van der Waals surface area contributed by atoms with E-state index in [9.17, 15) is 0 Å². The first-order valence-corrected chi connectivity index (χ1v) is 2.72. The molecule has 43 valence electrons. The van der Waals surface area contributed by atoms with Crippen LogP contribution in [0.5, 0.6) is 0 Å². The lowest BCUT2D eigenvalue weighted by atomic mass is 10.1. The first kappa shape index (κ1) is 5.35. The molecule has 1 N–H and O–H groups in total. The van der Waals surface area contributed by atoms with Gasteiger partial charge in [-0.3, -0.25) is 5.10 Å². The highest BCUT2D eigenvalue weighted by atomic mass is 15.1. The van der Waals surface area contributed by atoms with Crippen molar-refractivity contribution < 1.29 is 0 Å². The van der Waals surface area contributed by atoms with Gasteiger partial charge in [-0.2, -0.15) is 5.10 Å². The standard InChI is InChI=1S/C6H9N2/c1-5(2)6-3-7-8-4-6/h3,5H,1-2H3,(H,7,8). The summed E-state index contributed by atoms with van der Waals surface area (Å²) in [6.45, 7) is 4.22. The van der Waals surface area contributed by atoms with Crippen LogP contribution >= 0.6 is 0 Å². The second kappa shape index (κ2) is 1.99. The molecule has 0 amide bonds. The van der Waals surface area contributed by atoms with Gasteiger partial charge in [0.2, 0.25) is 0 Å². The van der Waals surface area contributed by atoms with Gasteiger partial charge in [0, 0.05) is 11.8 Å². The first-order chi connectivity index (χ1) is 3.80. The van der Waals surface area contributed by atoms with Crippen LogP contribution in [0.1, 0.15) is 25.3 Å². The van der Waals surface area contributed by atoms with E-state index in [4.69, 9.17) is 0 Å². The maximum absolute atomic E-state index is 3.69. The molecule has 1 heterocycles. The Morgan fingerprint density at radius 3 is 2.75 bits per heavy atom. The van der Waals surface area contributed by atoms with Gasteiger partial charge >= 0.3 is 0 Å². The molecule has 1 rings (SSSR count).